The summed E-state index contributed by atoms with van der Waals surface area (Å²) in [5.74, 6) is 0.868. The van der Waals surface area contributed by atoms with Gasteiger partial charge in [-0.2, -0.15) is 5.10 Å². The third-order valence-corrected chi connectivity index (χ3v) is 3.69. The number of aryl methyl sites for hydroxylation is 1. The normalized spacial score (nSPS) is 10.7. The maximum absolute atomic E-state index is 5.81. The second kappa shape index (κ2) is 8.26. The molecule has 124 valence electrons. The van der Waals surface area contributed by atoms with Gasteiger partial charge in [0.1, 0.15) is 12.4 Å². The third-order valence-electron chi connectivity index (χ3n) is 3.69. The Morgan fingerprint density at radius 1 is 1.12 bits per heavy atom. The van der Waals surface area contributed by atoms with Crippen molar-refractivity contribution in [3.8, 4) is 5.75 Å². The monoisotopic (exact) mass is 322 g/mol. The van der Waals surface area contributed by atoms with Crippen LogP contribution in [-0.2, 0) is 26.6 Å². The Hall–Kier alpha value is -2.66. The van der Waals surface area contributed by atoms with Crippen LogP contribution in [0.4, 0.5) is 0 Å². The third kappa shape index (κ3) is 4.93. The second-order valence-corrected chi connectivity index (χ2v) is 5.71. The van der Waals surface area contributed by atoms with Crippen LogP contribution in [0.3, 0.4) is 0 Å². The Morgan fingerprint density at radius 3 is 2.88 bits per heavy atom. The molecule has 3 aromatic rings. The average Bonchev–Trinajstić information content (AvgIpc) is 3.04. The van der Waals surface area contributed by atoms with Gasteiger partial charge in [0.05, 0.1) is 11.9 Å². The van der Waals surface area contributed by atoms with E-state index in [1.807, 2.05) is 54.5 Å². The number of rotatable bonds is 8. The maximum Gasteiger partial charge on any atom is 0.130 e. The largest absolute Gasteiger partial charge is 0.487 e. The van der Waals surface area contributed by atoms with Crippen LogP contribution in [0.2, 0.25) is 0 Å². The molecule has 24 heavy (non-hydrogen) atoms. The molecule has 0 spiro atoms. The van der Waals surface area contributed by atoms with Gasteiger partial charge in [0, 0.05) is 26.0 Å². The van der Waals surface area contributed by atoms with Gasteiger partial charge in [0.2, 0.25) is 0 Å². The average molecular weight is 322 g/mol. The number of benzene rings is 1. The molecule has 0 unspecified atom stereocenters. The van der Waals surface area contributed by atoms with Crippen LogP contribution in [0.1, 0.15) is 16.8 Å². The minimum atomic E-state index is 0.485. The first-order valence-corrected chi connectivity index (χ1v) is 8.09. The molecule has 3 rings (SSSR count). The molecule has 0 aliphatic heterocycles. The first-order chi connectivity index (χ1) is 11.8. The van der Waals surface area contributed by atoms with Crippen molar-refractivity contribution in [2.45, 2.75) is 19.6 Å². The Kier molecular flexibility index (Phi) is 5.58. The molecule has 5 heteroatoms. The lowest BCUT2D eigenvalue weighted by Crippen LogP contribution is -2.16. The highest BCUT2D eigenvalue weighted by molar-refractivity contribution is 5.28. The van der Waals surface area contributed by atoms with E-state index < -0.39 is 0 Å². The predicted octanol–water partition coefficient (Wildman–Crippen LogP) is 2.73. The van der Waals surface area contributed by atoms with E-state index in [0.29, 0.717) is 6.61 Å². The van der Waals surface area contributed by atoms with Crippen molar-refractivity contribution in [1.82, 2.24) is 20.1 Å². The van der Waals surface area contributed by atoms with E-state index in [0.717, 1.165) is 31.0 Å². The molecule has 0 aliphatic rings. The van der Waals surface area contributed by atoms with Gasteiger partial charge in [-0.15, -0.1) is 0 Å². The van der Waals surface area contributed by atoms with Crippen molar-refractivity contribution in [2.24, 2.45) is 7.05 Å². The summed E-state index contributed by atoms with van der Waals surface area (Å²) in [4.78, 5) is 4.26. The van der Waals surface area contributed by atoms with Gasteiger partial charge in [0.25, 0.3) is 0 Å². The molecule has 0 atom stereocenters. The van der Waals surface area contributed by atoms with E-state index in [9.17, 15) is 0 Å². The summed E-state index contributed by atoms with van der Waals surface area (Å²) in [6.45, 7) is 2.23. The predicted molar refractivity (Wildman–Crippen MR) is 93.6 cm³/mol. The lowest BCUT2D eigenvalue weighted by Gasteiger charge is -2.08. The van der Waals surface area contributed by atoms with E-state index in [2.05, 4.69) is 27.5 Å². The Morgan fingerprint density at radius 2 is 2.08 bits per heavy atom. The SMILES string of the molecule is Cn1cc(CCNCc2cccc(OCc3ccccn3)c2)cn1. The molecule has 2 aromatic heterocycles. The number of ether oxygens (including phenoxy) is 1. The van der Waals surface area contributed by atoms with Crippen LogP contribution in [0.5, 0.6) is 5.75 Å². The number of aromatic nitrogens is 3. The van der Waals surface area contributed by atoms with Crippen LogP contribution in [0.25, 0.3) is 0 Å². The number of hydrogen-bond acceptors (Lipinski definition) is 4. The molecule has 5 nitrogen and oxygen atoms in total. The summed E-state index contributed by atoms with van der Waals surface area (Å²) in [6, 6.07) is 14.0. The Labute approximate surface area is 142 Å². The molecule has 0 saturated carbocycles. The topological polar surface area (TPSA) is 52.0 Å². The quantitative estimate of drug-likeness (QED) is 0.648. The number of nitrogens with one attached hydrogen (secondary N) is 1. The van der Waals surface area contributed by atoms with Crippen LogP contribution in [0, 0.1) is 0 Å². The molecule has 0 saturated heterocycles. The number of pyridine rings is 1. The standard InChI is InChI=1S/C19H22N4O/c1-23-14-17(13-22-23)8-10-20-12-16-5-4-7-19(11-16)24-15-18-6-2-3-9-21-18/h2-7,9,11,13-14,20H,8,10,12,15H2,1H3. The van der Waals surface area contributed by atoms with E-state index in [4.69, 9.17) is 4.74 Å². The lowest BCUT2D eigenvalue weighted by molar-refractivity contribution is 0.301. The molecule has 1 aromatic carbocycles. The van der Waals surface area contributed by atoms with Gasteiger partial charge < -0.3 is 10.1 Å². The van der Waals surface area contributed by atoms with Crippen molar-refractivity contribution < 1.29 is 4.74 Å². The molecule has 0 amide bonds. The zero-order chi connectivity index (χ0) is 16.6. The molecule has 0 aliphatic carbocycles. The van der Waals surface area contributed by atoms with Crippen LogP contribution in [0.15, 0.2) is 61.1 Å². The smallest absolute Gasteiger partial charge is 0.130 e. The highest BCUT2D eigenvalue weighted by atomic mass is 16.5. The molecule has 0 radical (unpaired) electrons. The van der Waals surface area contributed by atoms with Crippen LogP contribution < -0.4 is 10.1 Å². The molecular weight excluding hydrogens is 300 g/mol. The molecule has 0 fully saturated rings. The van der Waals surface area contributed by atoms with Gasteiger partial charge >= 0.3 is 0 Å². The van der Waals surface area contributed by atoms with E-state index >= 15 is 0 Å². The second-order valence-electron chi connectivity index (χ2n) is 5.71. The summed E-state index contributed by atoms with van der Waals surface area (Å²) in [7, 11) is 1.94. The highest BCUT2D eigenvalue weighted by Crippen LogP contribution is 2.14. The van der Waals surface area contributed by atoms with Crippen molar-refractivity contribution in [3.05, 3.63) is 77.9 Å². The van der Waals surface area contributed by atoms with Crippen molar-refractivity contribution in [1.29, 1.82) is 0 Å². The van der Waals surface area contributed by atoms with Gasteiger partial charge in [-0.25, -0.2) is 0 Å². The van der Waals surface area contributed by atoms with Crippen molar-refractivity contribution in [3.63, 3.8) is 0 Å². The van der Waals surface area contributed by atoms with Gasteiger partial charge in [-0.3, -0.25) is 9.67 Å². The first kappa shape index (κ1) is 16.2. The van der Waals surface area contributed by atoms with Crippen molar-refractivity contribution in [2.75, 3.05) is 6.54 Å². The summed E-state index contributed by atoms with van der Waals surface area (Å²) in [5, 5.41) is 7.63. The zero-order valence-electron chi connectivity index (χ0n) is 13.9. The number of hydrogen-bond donors (Lipinski definition) is 1. The highest BCUT2D eigenvalue weighted by Gasteiger charge is 2.00. The zero-order valence-corrected chi connectivity index (χ0v) is 13.9. The van der Waals surface area contributed by atoms with Crippen LogP contribution >= 0.6 is 0 Å². The summed E-state index contributed by atoms with van der Waals surface area (Å²) in [5.41, 5.74) is 3.38. The van der Waals surface area contributed by atoms with E-state index in [1.54, 1.807) is 6.20 Å². The minimum Gasteiger partial charge on any atom is -0.487 e. The summed E-state index contributed by atoms with van der Waals surface area (Å²) < 4.78 is 7.64. The van der Waals surface area contributed by atoms with Crippen LogP contribution in [-0.4, -0.2) is 21.3 Å². The Bertz CT molecular complexity index is 755. The fourth-order valence-electron chi connectivity index (χ4n) is 2.45. The maximum atomic E-state index is 5.81. The van der Waals surface area contributed by atoms with E-state index in [1.165, 1.54) is 11.1 Å². The minimum absolute atomic E-state index is 0.485. The van der Waals surface area contributed by atoms with Gasteiger partial charge in [0.15, 0.2) is 0 Å². The molecule has 0 bridgehead atoms. The summed E-state index contributed by atoms with van der Waals surface area (Å²) >= 11 is 0. The molecule has 1 N–H and O–H groups in total. The van der Waals surface area contributed by atoms with E-state index in [-0.39, 0.29) is 0 Å². The van der Waals surface area contributed by atoms with Crippen molar-refractivity contribution >= 4 is 0 Å². The fourth-order valence-corrected chi connectivity index (χ4v) is 2.45. The fraction of sp³-hybridized carbons (Fsp3) is 0.263. The number of nitrogens with zero attached hydrogens (tertiary/aromatic N) is 3. The summed E-state index contributed by atoms with van der Waals surface area (Å²) in [6.07, 6.45) is 6.71. The molecular formula is C19H22N4O. The lowest BCUT2D eigenvalue weighted by atomic mass is 10.2. The van der Waals surface area contributed by atoms with Gasteiger partial charge in [-0.05, 0) is 48.4 Å². The Balaban J connectivity index is 1.44. The first-order valence-electron chi connectivity index (χ1n) is 8.09. The van der Waals surface area contributed by atoms with Gasteiger partial charge in [-0.1, -0.05) is 18.2 Å². The molecule has 2 heterocycles.